The van der Waals surface area contributed by atoms with E-state index in [1.165, 1.54) is 11.3 Å². The number of aromatic nitrogens is 1. The lowest BCUT2D eigenvalue weighted by atomic mass is 10.2. The highest BCUT2D eigenvalue weighted by Crippen LogP contribution is 2.25. The van der Waals surface area contributed by atoms with Crippen molar-refractivity contribution in [3.63, 3.8) is 0 Å². The van der Waals surface area contributed by atoms with Crippen molar-refractivity contribution in [2.45, 2.75) is 43.9 Å². The van der Waals surface area contributed by atoms with E-state index in [0.29, 0.717) is 11.3 Å². The van der Waals surface area contributed by atoms with Gasteiger partial charge in [-0.2, -0.15) is 4.99 Å². The fourth-order valence-corrected chi connectivity index (χ4v) is 5.68. The van der Waals surface area contributed by atoms with Gasteiger partial charge in [-0.15, -0.1) is 11.3 Å². The molecule has 7 heteroatoms. The second-order valence-corrected chi connectivity index (χ2v) is 9.60. The third-order valence-corrected chi connectivity index (χ3v) is 7.54. The van der Waals surface area contributed by atoms with Gasteiger partial charge in [-0.1, -0.05) is 43.2 Å². The van der Waals surface area contributed by atoms with Gasteiger partial charge in [0.1, 0.15) is 0 Å². The van der Waals surface area contributed by atoms with Crippen LogP contribution in [0.1, 0.15) is 37.7 Å². The Bertz CT molecular complexity index is 876. The molecule has 1 heterocycles. The Hall–Kier alpha value is -1.73. The molecular formula is C18H22N2O3S2. The van der Waals surface area contributed by atoms with Gasteiger partial charge < -0.3 is 4.57 Å². The maximum absolute atomic E-state index is 12.3. The van der Waals surface area contributed by atoms with Gasteiger partial charge in [0.2, 0.25) is 5.91 Å². The van der Waals surface area contributed by atoms with Gasteiger partial charge in [-0.3, -0.25) is 4.79 Å². The van der Waals surface area contributed by atoms with Gasteiger partial charge in [-0.05, 0) is 18.4 Å². The molecule has 1 aromatic heterocycles. The molecule has 2 aromatic rings. The summed E-state index contributed by atoms with van der Waals surface area (Å²) >= 11 is 1.38. The van der Waals surface area contributed by atoms with Gasteiger partial charge in [0.25, 0.3) is 0 Å². The number of hydrogen-bond acceptors (Lipinski definition) is 4. The Labute approximate surface area is 152 Å². The summed E-state index contributed by atoms with van der Waals surface area (Å²) in [4.78, 5) is 16.9. The molecule has 0 saturated heterocycles. The molecule has 0 aliphatic heterocycles. The number of amides is 1. The molecule has 5 nitrogen and oxygen atoms in total. The average Bonchev–Trinajstić information content (AvgIpc) is 3.27. The lowest BCUT2D eigenvalue weighted by molar-refractivity contribution is -0.117. The van der Waals surface area contributed by atoms with E-state index in [2.05, 4.69) is 4.99 Å². The first-order valence-electron chi connectivity index (χ1n) is 8.51. The minimum absolute atomic E-state index is 0.0396. The summed E-state index contributed by atoms with van der Waals surface area (Å²) in [6, 6.07) is 9.94. The van der Waals surface area contributed by atoms with E-state index in [9.17, 15) is 13.2 Å². The van der Waals surface area contributed by atoms with Crippen molar-refractivity contribution in [2.75, 3.05) is 5.75 Å². The third kappa shape index (κ3) is 4.89. The van der Waals surface area contributed by atoms with Crippen LogP contribution >= 0.6 is 11.3 Å². The number of sulfone groups is 1. The summed E-state index contributed by atoms with van der Waals surface area (Å²) in [5.74, 6) is -0.463. The Morgan fingerprint density at radius 1 is 1.20 bits per heavy atom. The Kier molecular flexibility index (Phi) is 5.86. The van der Waals surface area contributed by atoms with Crippen molar-refractivity contribution in [1.82, 2.24) is 4.57 Å². The monoisotopic (exact) mass is 378 g/mol. The SMILES string of the molecule is O=C(CCS(=O)(=O)C1CCCC1)N=c1sccn1Cc1ccccc1. The molecule has 1 fully saturated rings. The quantitative estimate of drug-likeness (QED) is 0.776. The number of carbonyl (C=O) groups excluding carboxylic acids is 1. The number of rotatable bonds is 6. The zero-order chi connectivity index (χ0) is 17.7. The number of nitrogens with zero attached hydrogens (tertiary/aromatic N) is 2. The van der Waals surface area contributed by atoms with Gasteiger partial charge in [-0.25, -0.2) is 8.42 Å². The van der Waals surface area contributed by atoms with E-state index < -0.39 is 9.84 Å². The second kappa shape index (κ2) is 8.10. The summed E-state index contributed by atoms with van der Waals surface area (Å²) in [6.07, 6.45) is 5.25. The van der Waals surface area contributed by atoms with Gasteiger partial charge in [0, 0.05) is 24.5 Å². The van der Waals surface area contributed by atoms with Crippen molar-refractivity contribution >= 4 is 27.1 Å². The fraction of sp³-hybridized carbons (Fsp3) is 0.444. The minimum atomic E-state index is -3.18. The van der Waals surface area contributed by atoms with E-state index in [1.807, 2.05) is 46.5 Å². The van der Waals surface area contributed by atoms with Crippen LogP contribution in [0.2, 0.25) is 0 Å². The molecule has 1 aromatic carbocycles. The standard InChI is InChI=1S/C18H22N2O3S2/c21-17(10-13-25(22,23)16-8-4-5-9-16)19-18-20(11-12-24-18)14-15-6-2-1-3-7-15/h1-3,6-7,11-12,16H,4-5,8-10,13-14H2. The van der Waals surface area contributed by atoms with Crippen LogP contribution in [0.15, 0.2) is 46.9 Å². The maximum atomic E-state index is 12.3. The zero-order valence-electron chi connectivity index (χ0n) is 14.0. The van der Waals surface area contributed by atoms with Gasteiger partial charge >= 0.3 is 0 Å². The topological polar surface area (TPSA) is 68.5 Å². The van der Waals surface area contributed by atoms with Crippen LogP contribution < -0.4 is 4.80 Å². The molecule has 1 aliphatic carbocycles. The first-order chi connectivity index (χ1) is 12.0. The summed E-state index contributed by atoms with van der Waals surface area (Å²) in [7, 11) is -3.18. The first-order valence-corrected chi connectivity index (χ1v) is 11.1. The maximum Gasteiger partial charge on any atom is 0.249 e. The van der Waals surface area contributed by atoms with Gasteiger partial charge in [0.15, 0.2) is 14.6 Å². The summed E-state index contributed by atoms with van der Waals surface area (Å²) in [5, 5.41) is 1.62. The summed E-state index contributed by atoms with van der Waals surface area (Å²) in [5.41, 5.74) is 1.12. The van der Waals surface area contributed by atoms with Crippen LogP contribution in [0, 0.1) is 0 Å². The highest BCUT2D eigenvalue weighted by Gasteiger charge is 2.28. The molecule has 0 radical (unpaired) electrons. The summed E-state index contributed by atoms with van der Waals surface area (Å²) in [6.45, 7) is 0.636. The smallest absolute Gasteiger partial charge is 0.249 e. The average molecular weight is 379 g/mol. The Morgan fingerprint density at radius 2 is 1.92 bits per heavy atom. The largest absolute Gasteiger partial charge is 0.319 e. The van der Waals surface area contributed by atoms with Crippen LogP contribution in [0.4, 0.5) is 0 Å². The van der Waals surface area contributed by atoms with E-state index >= 15 is 0 Å². The van der Waals surface area contributed by atoms with Gasteiger partial charge in [0.05, 0.1) is 11.0 Å². The van der Waals surface area contributed by atoms with Crippen molar-refractivity contribution in [3.05, 3.63) is 52.3 Å². The molecular weight excluding hydrogens is 356 g/mol. The molecule has 0 spiro atoms. The number of benzene rings is 1. The van der Waals surface area contributed by atoms with Crippen LogP contribution in [0.3, 0.4) is 0 Å². The van der Waals surface area contributed by atoms with E-state index in [4.69, 9.17) is 0 Å². The molecule has 3 rings (SSSR count). The minimum Gasteiger partial charge on any atom is -0.319 e. The molecule has 25 heavy (non-hydrogen) atoms. The van der Waals surface area contributed by atoms with Crippen LogP contribution in [-0.2, 0) is 21.2 Å². The third-order valence-electron chi connectivity index (χ3n) is 4.49. The van der Waals surface area contributed by atoms with Crippen molar-refractivity contribution < 1.29 is 13.2 Å². The molecule has 0 bridgehead atoms. The van der Waals surface area contributed by atoms with Crippen LogP contribution in [0.5, 0.6) is 0 Å². The van der Waals surface area contributed by atoms with E-state index in [1.54, 1.807) is 0 Å². The second-order valence-electron chi connectivity index (χ2n) is 6.33. The Balaban J connectivity index is 1.65. The molecule has 0 atom stereocenters. The molecule has 1 saturated carbocycles. The number of hydrogen-bond donors (Lipinski definition) is 0. The molecule has 0 N–H and O–H groups in total. The van der Waals surface area contributed by atoms with Crippen molar-refractivity contribution in [2.24, 2.45) is 4.99 Å². The van der Waals surface area contributed by atoms with E-state index in [0.717, 1.165) is 31.2 Å². The van der Waals surface area contributed by atoms with Crippen molar-refractivity contribution in [1.29, 1.82) is 0 Å². The molecule has 1 amide bonds. The number of carbonyl (C=O) groups is 1. The molecule has 0 unspecified atom stereocenters. The predicted octanol–water partition coefficient (Wildman–Crippen LogP) is 2.77. The number of thiazole rings is 1. The Morgan fingerprint density at radius 3 is 2.64 bits per heavy atom. The normalized spacial score (nSPS) is 16.4. The van der Waals surface area contributed by atoms with Crippen LogP contribution in [-0.4, -0.2) is 29.9 Å². The van der Waals surface area contributed by atoms with Crippen molar-refractivity contribution in [3.8, 4) is 0 Å². The van der Waals surface area contributed by atoms with E-state index in [-0.39, 0.29) is 23.3 Å². The lowest BCUT2D eigenvalue weighted by Crippen LogP contribution is -2.23. The summed E-state index contributed by atoms with van der Waals surface area (Å²) < 4.78 is 26.4. The first kappa shape index (κ1) is 18.1. The fourth-order valence-electron chi connectivity index (χ4n) is 3.09. The zero-order valence-corrected chi connectivity index (χ0v) is 15.6. The highest BCUT2D eigenvalue weighted by atomic mass is 32.2. The molecule has 1 aliphatic rings. The predicted molar refractivity (Wildman–Crippen MR) is 99.1 cm³/mol. The van der Waals surface area contributed by atoms with Crippen LogP contribution in [0.25, 0.3) is 0 Å². The molecule has 134 valence electrons. The lowest BCUT2D eigenvalue weighted by Gasteiger charge is -2.09. The highest BCUT2D eigenvalue weighted by molar-refractivity contribution is 7.92.